The van der Waals surface area contributed by atoms with Crippen molar-refractivity contribution in [3.05, 3.63) is 0 Å². The predicted molar refractivity (Wildman–Crippen MR) is 49.8 cm³/mol. The van der Waals surface area contributed by atoms with Crippen molar-refractivity contribution in [1.82, 2.24) is 0 Å². The molecule has 0 bridgehead atoms. The molecule has 1 saturated carbocycles. The Kier molecular flexibility index (Phi) is 4.01. The van der Waals surface area contributed by atoms with Crippen LogP contribution in [-0.4, -0.2) is 17.5 Å². The number of halogens is 1. The van der Waals surface area contributed by atoms with E-state index in [-0.39, 0.29) is 17.9 Å². The van der Waals surface area contributed by atoms with Crippen LogP contribution in [0.5, 0.6) is 0 Å². The van der Waals surface area contributed by atoms with E-state index < -0.39 is 0 Å². The summed E-state index contributed by atoms with van der Waals surface area (Å²) in [5.74, 6) is -0.294. The highest BCUT2D eigenvalue weighted by Crippen LogP contribution is 2.26. The van der Waals surface area contributed by atoms with Crippen LogP contribution in [0.1, 0.15) is 25.7 Å². The van der Waals surface area contributed by atoms with Gasteiger partial charge in [0, 0.05) is 0 Å². The van der Waals surface area contributed by atoms with E-state index in [1.807, 2.05) is 0 Å². The van der Waals surface area contributed by atoms with E-state index in [9.17, 15) is 4.79 Å². The highest BCUT2D eigenvalue weighted by molar-refractivity contribution is 9.09. The first-order valence-electron chi connectivity index (χ1n) is 4.22. The molecule has 1 rings (SSSR count). The molecule has 0 aromatic rings. The lowest BCUT2D eigenvalue weighted by Crippen LogP contribution is -2.37. The maximum atomic E-state index is 11.0. The van der Waals surface area contributed by atoms with Crippen molar-refractivity contribution in [1.29, 1.82) is 0 Å². The molecule has 0 heterocycles. The Balaban J connectivity index is 2.48. The summed E-state index contributed by atoms with van der Waals surface area (Å²) in [4.78, 5) is 11.0. The summed E-state index contributed by atoms with van der Waals surface area (Å²) in [6.07, 6.45) is 4.11. The minimum absolute atomic E-state index is 0.0376. The number of hydrogen-bond donors (Lipinski definition) is 1. The molecular weight excluding hydrogens is 222 g/mol. The molecule has 0 spiro atoms. The van der Waals surface area contributed by atoms with Gasteiger partial charge >= 0.3 is 0 Å². The zero-order chi connectivity index (χ0) is 8.97. The van der Waals surface area contributed by atoms with E-state index in [1.54, 1.807) is 0 Å². The zero-order valence-corrected chi connectivity index (χ0v) is 8.55. The lowest BCUT2D eigenvalue weighted by Gasteiger charge is -2.28. The van der Waals surface area contributed by atoms with Crippen LogP contribution in [0.4, 0.5) is 0 Å². The first kappa shape index (κ1) is 9.99. The van der Waals surface area contributed by atoms with Crippen molar-refractivity contribution in [3.63, 3.8) is 0 Å². The number of carbonyl (C=O) groups excluding carboxylic acids is 1. The van der Waals surface area contributed by atoms with Crippen molar-refractivity contribution in [3.8, 4) is 0 Å². The van der Waals surface area contributed by atoms with Gasteiger partial charge in [-0.1, -0.05) is 28.8 Å². The number of rotatable bonds is 3. The Hall–Kier alpha value is -0.0900. The third-order valence-corrected chi connectivity index (χ3v) is 2.61. The van der Waals surface area contributed by atoms with Crippen LogP contribution in [0.3, 0.4) is 0 Å². The van der Waals surface area contributed by atoms with Gasteiger partial charge in [0.15, 0.2) is 0 Å². The summed E-state index contributed by atoms with van der Waals surface area (Å²) in [6, 6.07) is 0. The van der Waals surface area contributed by atoms with Gasteiger partial charge in [0.1, 0.15) is 5.52 Å². The highest BCUT2D eigenvalue weighted by atomic mass is 79.9. The number of nitrogens with two attached hydrogens (primary N) is 1. The molecular formula is C8H14BrNO2. The third-order valence-electron chi connectivity index (χ3n) is 2.35. The van der Waals surface area contributed by atoms with E-state index in [2.05, 4.69) is 15.9 Å². The minimum atomic E-state index is -0.222. The Morgan fingerprint density at radius 2 is 2.17 bits per heavy atom. The molecule has 70 valence electrons. The standard InChI is InChI=1S/C8H14BrNO2/c9-5-12-7-4-2-1-3-6(7)8(10)11/h6-7H,1-5H2,(H2,10,11). The molecule has 2 atom stereocenters. The number of amides is 1. The minimum Gasteiger partial charge on any atom is -0.369 e. The number of hydrogen-bond acceptors (Lipinski definition) is 2. The van der Waals surface area contributed by atoms with Gasteiger partial charge in [-0.05, 0) is 12.8 Å². The maximum absolute atomic E-state index is 11.0. The smallest absolute Gasteiger partial charge is 0.223 e. The van der Waals surface area contributed by atoms with Gasteiger partial charge in [0.25, 0.3) is 0 Å². The summed E-state index contributed by atoms with van der Waals surface area (Å²) in [5, 5.41) is 0. The average molecular weight is 236 g/mol. The molecule has 4 heteroatoms. The Morgan fingerprint density at radius 3 is 2.75 bits per heavy atom. The number of carbonyl (C=O) groups is 1. The van der Waals surface area contributed by atoms with Gasteiger partial charge in [-0.2, -0.15) is 0 Å². The zero-order valence-electron chi connectivity index (χ0n) is 6.96. The maximum Gasteiger partial charge on any atom is 0.223 e. The molecule has 1 aliphatic carbocycles. The fourth-order valence-electron chi connectivity index (χ4n) is 1.70. The summed E-state index contributed by atoms with van der Waals surface area (Å²) in [7, 11) is 0. The first-order chi connectivity index (χ1) is 5.75. The molecule has 2 unspecified atom stereocenters. The molecule has 1 aliphatic rings. The van der Waals surface area contributed by atoms with E-state index in [0.717, 1.165) is 25.7 Å². The monoisotopic (exact) mass is 235 g/mol. The lowest BCUT2D eigenvalue weighted by molar-refractivity contribution is -0.128. The Morgan fingerprint density at radius 1 is 1.50 bits per heavy atom. The molecule has 0 aromatic heterocycles. The van der Waals surface area contributed by atoms with Gasteiger partial charge in [-0.15, -0.1) is 0 Å². The van der Waals surface area contributed by atoms with Crippen LogP contribution in [0.25, 0.3) is 0 Å². The van der Waals surface area contributed by atoms with Gasteiger partial charge in [-0.3, -0.25) is 4.79 Å². The van der Waals surface area contributed by atoms with Crippen LogP contribution < -0.4 is 5.73 Å². The van der Waals surface area contributed by atoms with Crippen molar-refractivity contribution in [2.45, 2.75) is 31.8 Å². The molecule has 2 N–H and O–H groups in total. The van der Waals surface area contributed by atoms with Crippen LogP contribution >= 0.6 is 15.9 Å². The summed E-state index contributed by atoms with van der Waals surface area (Å²) < 4.78 is 5.37. The fourth-order valence-corrected chi connectivity index (χ4v) is 2.04. The second-order valence-corrected chi connectivity index (χ2v) is 3.57. The Labute approximate surface area is 80.8 Å². The molecule has 0 saturated heterocycles. The van der Waals surface area contributed by atoms with Crippen LogP contribution in [0.15, 0.2) is 0 Å². The fraction of sp³-hybridized carbons (Fsp3) is 0.875. The molecule has 1 fully saturated rings. The van der Waals surface area contributed by atoms with Gasteiger partial charge in [0.2, 0.25) is 5.91 Å². The molecule has 12 heavy (non-hydrogen) atoms. The molecule has 3 nitrogen and oxygen atoms in total. The van der Waals surface area contributed by atoms with Gasteiger partial charge in [0.05, 0.1) is 12.0 Å². The predicted octanol–water partition coefficient (Wildman–Crippen LogP) is 1.40. The largest absolute Gasteiger partial charge is 0.369 e. The topological polar surface area (TPSA) is 52.3 Å². The van der Waals surface area contributed by atoms with Crippen molar-refractivity contribution < 1.29 is 9.53 Å². The van der Waals surface area contributed by atoms with Crippen LogP contribution in [-0.2, 0) is 9.53 Å². The van der Waals surface area contributed by atoms with Crippen molar-refractivity contribution >= 4 is 21.8 Å². The van der Waals surface area contributed by atoms with E-state index in [4.69, 9.17) is 10.5 Å². The third kappa shape index (κ3) is 2.45. The molecule has 0 radical (unpaired) electrons. The van der Waals surface area contributed by atoms with Gasteiger partial charge < -0.3 is 10.5 Å². The van der Waals surface area contributed by atoms with E-state index >= 15 is 0 Å². The first-order valence-corrected chi connectivity index (χ1v) is 5.34. The summed E-state index contributed by atoms with van der Waals surface area (Å²) in [6.45, 7) is 0. The quantitative estimate of drug-likeness (QED) is 0.753. The molecule has 0 aromatic carbocycles. The second kappa shape index (κ2) is 4.82. The van der Waals surface area contributed by atoms with Gasteiger partial charge in [-0.25, -0.2) is 0 Å². The summed E-state index contributed by atoms with van der Waals surface area (Å²) in [5.41, 5.74) is 5.74. The van der Waals surface area contributed by atoms with Crippen molar-refractivity contribution in [2.75, 3.05) is 5.52 Å². The number of ether oxygens (including phenoxy) is 1. The molecule has 0 aliphatic heterocycles. The van der Waals surface area contributed by atoms with Crippen LogP contribution in [0, 0.1) is 5.92 Å². The normalized spacial score (nSPS) is 30.1. The van der Waals surface area contributed by atoms with Crippen molar-refractivity contribution in [2.24, 2.45) is 11.7 Å². The van der Waals surface area contributed by atoms with E-state index in [0.29, 0.717) is 5.52 Å². The Bertz CT molecular complexity index is 161. The number of alkyl halides is 1. The van der Waals surface area contributed by atoms with E-state index in [1.165, 1.54) is 0 Å². The summed E-state index contributed by atoms with van der Waals surface area (Å²) >= 11 is 3.19. The number of primary amides is 1. The molecule has 1 amide bonds. The SMILES string of the molecule is NC(=O)C1CCCCC1OCBr. The lowest BCUT2D eigenvalue weighted by atomic mass is 9.86. The van der Waals surface area contributed by atoms with Crippen LogP contribution in [0.2, 0.25) is 0 Å². The second-order valence-electron chi connectivity index (χ2n) is 3.11. The highest BCUT2D eigenvalue weighted by Gasteiger charge is 2.29. The average Bonchev–Trinajstić information content (AvgIpc) is 2.05.